The first-order chi connectivity index (χ1) is 6.93. The fourth-order valence-corrected chi connectivity index (χ4v) is 5.92. The van der Waals surface area contributed by atoms with Gasteiger partial charge in [-0.1, -0.05) is 33.8 Å². The minimum absolute atomic E-state index is 0.245. The Labute approximate surface area is 115 Å². The van der Waals surface area contributed by atoms with Crippen molar-refractivity contribution in [3.8, 4) is 0 Å². The number of allylic oxidation sites excluding steroid dienone is 1. The summed E-state index contributed by atoms with van der Waals surface area (Å²) in [5.41, 5.74) is 0.550. The summed E-state index contributed by atoms with van der Waals surface area (Å²) in [6.45, 7) is 16.1. The van der Waals surface area contributed by atoms with Crippen LogP contribution in [0.2, 0.25) is 19.6 Å². The largest absolute Gasteiger partial charge is 0.410 e. The summed E-state index contributed by atoms with van der Waals surface area (Å²) in [6.07, 6.45) is 3.89. The lowest BCUT2D eigenvalue weighted by Gasteiger charge is -2.46. The molecule has 0 radical (unpaired) electrons. The normalized spacial score (nSPS) is 28.8. The fourth-order valence-electron chi connectivity index (χ4n) is 2.71. The molecule has 0 aromatic heterocycles. The summed E-state index contributed by atoms with van der Waals surface area (Å²) in [7, 11) is -1.47. The highest BCUT2D eigenvalue weighted by Crippen LogP contribution is 2.48. The van der Waals surface area contributed by atoms with Crippen LogP contribution >= 0.6 is 22.6 Å². The highest BCUT2D eigenvalue weighted by atomic mass is 127. The van der Waals surface area contributed by atoms with Crippen LogP contribution in [-0.4, -0.2) is 14.4 Å². The van der Waals surface area contributed by atoms with Gasteiger partial charge in [0.25, 0.3) is 0 Å². The van der Waals surface area contributed by atoms with Gasteiger partial charge in [0.05, 0.1) is 6.10 Å². The van der Waals surface area contributed by atoms with Crippen LogP contribution in [0.25, 0.3) is 0 Å². The van der Waals surface area contributed by atoms with Crippen molar-refractivity contribution >= 4 is 30.9 Å². The van der Waals surface area contributed by atoms with E-state index < -0.39 is 8.32 Å². The van der Waals surface area contributed by atoms with Crippen LogP contribution in [0.4, 0.5) is 0 Å². The van der Waals surface area contributed by atoms with E-state index in [4.69, 9.17) is 4.43 Å². The maximum Gasteiger partial charge on any atom is 0.184 e. The lowest BCUT2D eigenvalue weighted by atomic mass is 9.68. The molecular weight excluding hydrogens is 327 g/mol. The topological polar surface area (TPSA) is 9.23 Å². The standard InChI is InChI=1S/C13H25IOSi/c1-12(2)8-10(14)11(13(3,4)9-12)15-16(5,6)7/h8,11H,9H2,1-7H3. The molecular formula is C13H25IOSi. The summed E-state index contributed by atoms with van der Waals surface area (Å²) in [4.78, 5) is 0. The quantitative estimate of drug-likeness (QED) is 0.503. The molecule has 1 aliphatic carbocycles. The third kappa shape index (κ3) is 3.84. The van der Waals surface area contributed by atoms with Gasteiger partial charge in [-0.25, -0.2) is 0 Å². The van der Waals surface area contributed by atoms with Gasteiger partial charge in [0.2, 0.25) is 0 Å². The second kappa shape index (κ2) is 4.39. The Morgan fingerprint density at radius 1 is 1.25 bits per heavy atom. The van der Waals surface area contributed by atoms with Crippen LogP contribution < -0.4 is 0 Å². The molecule has 0 aliphatic heterocycles. The molecule has 0 aromatic carbocycles. The van der Waals surface area contributed by atoms with E-state index >= 15 is 0 Å². The minimum Gasteiger partial charge on any atom is -0.410 e. The Morgan fingerprint density at radius 3 is 2.12 bits per heavy atom. The van der Waals surface area contributed by atoms with E-state index in [2.05, 4.69) is 76.0 Å². The maximum absolute atomic E-state index is 6.36. The summed E-state index contributed by atoms with van der Waals surface area (Å²) >= 11 is 2.47. The molecule has 0 saturated carbocycles. The van der Waals surface area contributed by atoms with Gasteiger partial charge in [-0.2, -0.15) is 0 Å². The van der Waals surface area contributed by atoms with Crippen molar-refractivity contribution in [1.29, 1.82) is 0 Å². The fraction of sp³-hybridized carbons (Fsp3) is 0.846. The molecule has 0 saturated heterocycles. The molecule has 16 heavy (non-hydrogen) atoms. The predicted octanol–water partition coefficient (Wildman–Crippen LogP) is 4.98. The van der Waals surface area contributed by atoms with E-state index in [1.54, 1.807) is 0 Å². The molecule has 0 heterocycles. The highest BCUT2D eigenvalue weighted by molar-refractivity contribution is 14.1. The van der Waals surface area contributed by atoms with Gasteiger partial charge >= 0.3 is 0 Å². The van der Waals surface area contributed by atoms with Crippen LogP contribution in [0.1, 0.15) is 34.1 Å². The summed E-state index contributed by atoms with van der Waals surface area (Å²) in [6, 6.07) is 0. The van der Waals surface area contributed by atoms with Gasteiger partial charge in [-0.05, 0) is 59.5 Å². The molecule has 1 rings (SSSR count). The molecule has 0 fully saturated rings. The van der Waals surface area contributed by atoms with Crippen molar-refractivity contribution < 1.29 is 4.43 Å². The van der Waals surface area contributed by atoms with Gasteiger partial charge in [0.15, 0.2) is 8.32 Å². The zero-order valence-electron chi connectivity index (χ0n) is 11.6. The first-order valence-electron chi connectivity index (χ1n) is 5.99. The monoisotopic (exact) mass is 352 g/mol. The zero-order valence-corrected chi connectivity index (χ0v) is 14.8. The highest BCUT2D eigenvalue weighted by Gasteiger charge is 2.42. The smallest absolute Gasteiger partial charge is 0.184 e. The average Bonchev–Trinajstić information content (AvgIpc) is 1.91. The van der Waals surface area contributed by atoms with Gasteiger partial charge in [0, 0.05) is 3.58 Å². The Kier molecular flexibility index (Phi) is 4.04. The molecule has 0 amide bonds. The summed E-state index contributed by atoms with van der Waals surface area (Å²) < 4.78 is 7.75. The first kappa shape index (κ1) is 14.7. The van der Waals surface area contributed by atoms with E-state index in [1.165, 1.54) is 10.0 Å². The van der Waals surface area contributed by atoms with Gasteiger partial charge in [0.1, 0.15) is 0 Å². The van der Waals surface area contributed by atoms with Crippen LogP contribution in [0, 0.1) is 10.8 Å². The second-order valence-electron chi connectivity index (χ2n) is 7.29. The van der Waals surface area contributed by atoms with Crippen molar-refractivity contribution in [2.24, 2.45) is 10.8 Å². The third-order valence-corrected chi connectivity index (χ3v) is 4.69. The molecule has 1 atom stereocenters. The second-order valence-corrected chi connectivity index (χ2v) is 13.0. The molecule has 0 aromatic rings. The molecule has 3 heteroatoms. The van der Waals surface area contributed by atoms with Gasteiger partial charge in [-0.15, -0.1) is 0 Å². The lowest BCUT2D eigenvalue weighted by molar-refractivity contribution is 0.0598. The van der Waals surface area contributed by atoms with Crippen molar-refractivity contribution in [1.82, 2.24) is 0 Å². The van der Waals surface area contributed by atoms with E-state index in [0.29, 0.717) is 11.5 Å². The van der Waals surface area contributed by atoms with E-state index in [1.807, 2.05) is 0 Å². The van der Waals surface area contributed by atoms with Gasteiger partial charge in [-0.3, -0.25) is 0 Å². The summed E-state index contributed by atoms with van der Waals surface area (Å²) in [5, 5.41) is 0. The van der Waals surface area contributed by atoms with Crippen LogP contribution in [0.3, 0.4) is 0 Å². The van der Waals surface area contributed by atoms with Crippen LogP contribution in [0.15, 0.2) is 9.66 Å². The van der Waals surface area contributed by atoms with Crippen molar-refractivity contribution in [2.45, 2.75) is 59.9 Å². The number of hydrogen-bond donors (Lipinski definition) is 0. The molecule has 1 aliphatic rings. The molecule has 0 bridgehead atoms. The van der Waals surface area contributed by atoms with Crippen molar-refractivity contribution in [2.75, 3.05) is 0 Å². The third-order valence-electron chi connectivity index (χ3n) is 2.87. The number of halogens is 1. The van der Waals surface area contributed by atoms with E-state index in [0.717, 1.165) is 0 Å². The SMILES string of the molecule is CC1(C)C=C(I)C(O[Si](C)(C)C)C(C)(C)C1. The Hall–Kier alpha value is 0.647. The Bertz CT molecular complexity index is 300. The molecule has 1 unspecified atom stereocenters. The Morgan fingerprint density at radius 2 is 1.75 bits per heavy atom. The van der Waals surface area contributed by atoms with Gasteiger partial charge < -0.3 is 4.43 Å². The molecule has 94 valence electrons. The van der Waals surface area contributed by atoms with E-state index in [9.17, 15) is 0 Å². The predicted molar refractivity (Wildman–Crippen MR) is 82.5 cm³/mol. The molecule has 0 N–H and O–H groups in total. The minimum atomic E-state index is -1.47. The lowest BCUT2D eigenvalue weighted by Crippen LogP contribution is -2.45. The zero-order chi connectivity index (χ0) is 12.8. The summed E-state index contributed by atoms with van der Waals surface area (Å²) in [5.74, 6) is 0. The number of rotatable bonds is 2. The molecule has 1 nitrogen and oxygen atoms in total. The van der Waals surface area contributed by atoms with Crippen LogP contribution in [0.5, 0.6) is 0 Å². The average molecular weight is 352 g/mol. The Balaban J connectivity index is 3.00. The van der Waals surface area contributed by atoms with Crippen molar-refractivity contribution in [3.63, 3.8) is 0 Å². The number of hydrogen-bond acceptors (Lipinski definition) is 1. The van der Waals surface area contributed by atoms with Crippen LogP contribution in [-0.2, 0) is 4.43 Å². The molecule has 0 spiro atoms. The van der Waals surface area contributed by atoms with E-state index in [-0.39, 0.29) is 5.41 Å². The first-order valence-corrected chi connectivity index (χ1v) is 10.5. The van der Waals surface area contributed by atoms with Crippen molar-refractivity contribution in [3.05, 3.63) is 9.66 Å². The maximum atomic E-state index is 6.36.